The zero-order valence-electron chi connectivity index (χ0n) is 11.1. The monoisotopic (exact) mass is 292 g/mol. The van der Waals surface area contributed by atoms with Crippen molar-refractivity contribution in [2.45, 2.75) is 17.7 Å². The lowest BCUT2D eigenvalue weighted by Crippen LogP contribution is -2.03. The zero-order chi connectivity index (χ0) is 14.5. The molecule has 6 heteroatoms. The molecule has 0 radical (unpaired) electrons. The highest BCUT2D eigenvalue weighted by molar-refractivity contribution is 7.98. The minimum atomic E-state index is -1.04. The van der Waals surface area contributed by atoms with Gasteiger partial charge in [0.15, 0.2) is 5.69 Å². The first-order valence-corrected chi connectivity index (χ1v) is 7.46. The Morgan fingerprint density at radius 2 is 2.15 bits per heavy atom. The summed E-state index contributed by atoms with van der Waals surface area (Å²) >= 11 is 1.58. The summed E-state index contributed by atoms with van der Waals surface area (Å²) in [5, 5.41) is 22.3. The summed E-state index contributed by atoms with van der Waals surface area (Å²) in [7, 11) is 0. The van der Waals surface area contributed by atoms with Crippen molar-refractivity contribution in [3.8, 4) is 5.69 Å². The van der Waals surface area contributed by atoms with Crippen molar-refractivity contribution >= 4 is 17.7 Å². The molecule has 1 aromatic carbocycles. The summed E-state index contributed by atoms with van der Waals surface area (Å²) in [5.74, 6) is -1.04. The smallest absolute Gasteiger partial charge is 0.356 e. The standard InChI is InChI=1S/C14H16N2O3S/c1-20-12-7-3-2-6-11(12)16-9-10(5-4-8-17)13(15-16)14(18)19/h2-3,6-7,9,17H,4-5,8H2,1H3,(H,18,19). The van der Waals surface area contributed by atoms with Crippen molar-refractivity contribution in [1.82, 2.24) is 9.78 Å². The number of aromatic nitrogens is 2. The van der Waals surface area contributed by atoms with Gasteiger partial charge in [-0.25, -0.2) is 9.48 Å². The molecule has 0 amide bonds. The molecule has 0 saturated carbocycles. The molecule has 0 bridgehead atoms. The highest BCUT2D eigenvalue weighted by Crippen LogP contribution is 2.24. The van der Waals surface area contributed by atoms with Gasteiger partial charge in [0.25, 0.3) is 0 Å². The average molecular weight is 292 g/mol. The van der Waals surface area contributed by atoms with Crippen LogP contribution >= 0.6 is 11.8 Å². The molecule has 106 valence electrons. The molecule has 0 fully saturated rings. The molecular formula is C14H16N2O3S. The molecule has 0 unspecified atom stereocenters. The van der Waals surface area contributed by atoms with E-state index in [9.17, 15) is 9.90 Å². The summed E-state index contributed by atoms with van der Waals surface area (Å²) in [6.07, 6.45) is 4.72. The van der Waals surface area contributed by atoms with E-state index in [1.807, 2.05) is 30.5 Å². The van der Waals surface area contributed by atoms with Crippen LogP contribution in [-0.4, -0.2) is 38.8 Å². The number of carboxylic acids is 1. The van der Waals surface area contributed by atoms with Crippen LogP contribution in [0.15, 0.2) is 35.4 Å². The van der Waals surface area contributed by atoms with Gasteiger partial charge in [-0.3, -0.25) is 0 Å². The van der Waals surface area contributed by atoms with Crippen LogP contribution in [0.5, 0.6) is 0 Å². The maximum Gasteiger partial charge on any atom is 0.356 e. The maximum atomic E-state index is 11.2. The van der Waals surface area contributed by atoms with E-state index in [1.165, 1.54) is 0 Å². The van der Waals surface area contributed by atoms with Crippen LogP contribution in [0.25, 0.3) is 5.69 Å². The van der Waals surface area contributed by atoms with Crippen LogP contribution in [0.4, 0.5) is 0 Å². The fraction of sp³-hybridized carbons (Fsp3) is 0.286. The van der Waals surface area contributed by atoms with E-state index in [4.69, 9.17) is 5.11 Å². The lowest BCUT2D eigenvalue weighted by molar-refractivity contribution is 0.0688. The number of benzene rings is 1. The summed E-state index contributed by atoms with van der Waals surface area (Å²) in [5.41, 5.74) is 1.55. The molecule has 0 aliphatic heterocycles. The first kappa shape index (κ1) is 14.6. The van der Waals surface area contributed by atoms with Crippen LogP contribution in [0.2, 0.25) is 0 Å². The third kappa shape index (κ3) is 3.02. The van der Waals surface area contributed by atoms with Gasteiger partial charge in [-0.1, -0.05) is 12.1 Å². The van der Waals surface area contributed by atoms with Gasteiger partial charge >= 0.3 is 5.97 Å². The van der Waals surface area contributed by atoms with Crippen LogP contribution in [0.3, 0.4) is 0 Å². The van der Waals surface area contributed by atoms with Crippen LogP contribution in [0.1, 0.15) is 22.5 Å². The summed E-state index contributed by atoms with van der Waals surface area (Å²) in [4.78, 5) is 12.3. The Bertz CT molecular complexity index is 610. The Morgan fingerprint density at radius 3 is 2.80 bits per heavy atom. The third-order valence-corrected chi connectivity index (χ3v) is 3.71. The van der Waals surface area contributed by atoms with E-state index in [0.717, 1.165) is 10.6 Å². The Labute approximate surface area is 121 Å². The van der Waals surface area contributed by atoms with Crippen molar-refractivity contribution in [1.29, 1.82) is 0 Å². The number of aliphatic hydroxyl groups is 1. The number of carbonyl (C=O) groups is 1. The summed E-state index contributed by atoms with van der Waals surface area (Å²) < 4.78 is 1.60. The Kier molecular flexibility index (Phi) is 4.81. The average Bonchev–Trinajstić information content (AvgIpc) is 2.89. The molecule has 0 spiro atoms. The minimum absolute atomic E-state index is 0.0334. The predicted molar refractivity (Wildman–Crippen MR) is 77.7 cm³/mol. The summed E-state index contributed by atoms with van der Waals surface area (Å²) in [6, 6.07) is 7.70. The molecule has 2 N–H and O–H groups in total. The van der Waals surface area contributed by atoms with Gasteiger partial charge in [0.05, 0.1) is 5.69 Å². The first-order chi connectivity index (χ1) is 9.67. The number of thioether (sulfide) groups is 1. The topological polar surface area (TPSA) is 75.4 Å². The number of aryl methyl sites for hydroxylation is 1. The van der Waals surface area contributed by atoms with Gasteiger partial charge in [-0.15, -0.1) is 11.8 Å². The molecule has 20 heavy (non-hydrogen) atoms. The molecule has 1 heterocycles. The van der Waals surface area contributed by atoms with Gasteiger partial charge in [0.2, 0.25) is 0 Å². The number of hydrogen-bond acceptors (Lipinski definition) is 4. The molecule has 0 atom stereocenters. The van der Waals surface area contributed by atoms with E-state index < -0.39 is 5.97 Å². The molecule has 0 saturated heterocycles. The van der Waals surface area contributed by atoms with Crippen molar-refractivity contribution in [3.05, 3.63) is 41.7 Å². The molecular weight excluding hydrogens is 276 g/mol. The first-order valence-electron chi connectivity index (χ1n) is 6.23. The SMILES string of the molecule is CSc1ccccc1-n1cc(CCCO)c(C(=O)O)n1. The van der Waals surface area contributed by atoms with Crippen LogP contribution in [0, 0.1) is 0 Å². The number of aromatic carboxylic acids is 1. The molecule has 0 aliphatic carbocycles. The second-order valence-electron chi connectivity index (χ2n) is 4.25. The molecule has 5 nitrogen and oxygen atoms in total. The van der Waals surface area contributed by atoms with Crippen molar-refractivity contribution in [3.63, 3.8) is 0 Å². The lowest BCUT2D eigenvalue weighted by Gasteiger charge is -2.06. The number of hydrogen-bond donors (Lipinski definition) is 2. The van der Waals surface area contributed by atoms with Crippen molar-refractivity contribution < 1.29 is 15.0 Å². The largest absolute Gasteiger partial charge is 0.476 e. The number of rotatable bonds is 6. The molecule has 0 aliphatic rings. The Balaban J connectivity index is 2.44. The molecule has 2 aromatic rings. The zero-order valence-corrected chi connectivity index (χ0v) is 11.9. The van der Waals surface area contributed by atoms with Crippen LogP contribution < -0.4 is 0 Å². The number of nitrogens with zero attached hydrogens (tertiary/aromatic N) is 2. The van der Waals surface area contributed by atoms with Gasteiger partial charge in [-0.2, -0.15) is 5.10 Å². The van der Waals surface area contributed by atoms with E-state index in [1.54, 1.807) is 22.6 Å². The molecule has 1 aromatic heterocycles. The summed E-state index contributed by atoms with van der Waals surface area (Å²) in [6.45, 7) is 0.0334. The second kappa shape index (κ2) is 6.58. The van der Waals surface area contributed by atoms with E-state index in [2.05, 4.69) is 5.10 Å². The molecule has 2 rings (SSSR count). The fourth-order valence-corrected chi connectivity index (χ4v) is 2.57. The number of para-hydroxylation sites is 1. The Hall–Kier alpha value is -1.79. The third-order valence-electron chi connectivity index (χ3n) is 2.93. The number of aliphatic hydroxyl groups excluding tert-OH is 1. The van der Waals surface area contributed by atoms with Gasteiger partial charge in [-0.05, 0) is 31.2 Å². The van der Waals surface area contributed by atoms with E-state index >= 15 is 0 Å². The highest BCUT2D eigenvalue weighted by atomic mass is 32.2. The fourth-order valence-electron chi connectivity index (χ4n) is 1.98. The van der Waals surface area contributed by atoms with Crippen molar-refractivity contribution in [2.75, 3.05) is 12.9 Å². The lowest BCUT2D eigenvalue weighted by atomic mass is 10.1. The van der Waals surface area contributed by atoms with Crippen LogP contribution in [-0.2, 0) is 6.42 Å². The number of carboxylic acid groups (broad SMARTS) is 1. The maximum absolute atomic E-state index is 11.2. The Morgan fingerprint density at radius 1 is 1.40 bits per heavy atom. The predicted octanol–water partition coefficient (Wildman–Crippen LogP) is 2.22. The second-order valence-corrected chi connectivity index (χ2v) is 5.10. The van der Waals surface area contributed by atoms with Gasteiger partial charge in [0, 0.05) is 23.3 Å². The normalized spacial score (nSPS) is 10.7. The van der Waals surface area contributed by atoms with Gasteiger partial charge < -0.3 is 10.2 Å². The van der Waals surface area contributed by atoms with Gasteiger partial charge in [0.1, 0.15) is 0 Å². The van der Waals surface area contributed by atoms with E-state index in [-0.39, 0.29) is 12.3 Å². The highest BCUT2D eigenvalue weighted by Gasteiger charge is 2.17. The quantitative estimate of drug-likeness (QED) is 0.798. The van der Waals surface area contributed by atoms with Crippen molar-refractivity contribution in [2.24, 2.45) is 0 Å². The minimum Gasteiger partial charge on any atom is -0.476 e. The van der Waals surface area contributed by atoms with E-state index in [0.29, 0.717) is 18.4 Å².